The Labute approximate surface area is 243 Å². The zero-order valence-corrected chi connectivity index (χ0v) is 24.8. The Balaban J connectivity index is 1.42. The molecule has 42 heavy (non-hydrogen) atoms. The van der Waals surface area contributed by atoms with E-state index in [9.17, 15) is 24.3 Å². The SMILES string of the molecule is CC(=O)O[C@H]1CC2=C(C[C@@]34CC[C@]5(C)C(=O)[C@@H](C)[C@@H]6[C@H]7OC(=O)[C@@H](C)[C@H]7O[C@](O3)(C(=O)[C@H]14)[C@@H]65)[C@@H](CC(=O)O)OC2(C)C. The van der Waals surface area contributed by atoms with Crippen LogP contribution in [0.5, 0.6) is 0 Å². The lowest BCUT2D eigenvalue weighted by molar-refractivity contribution is -0.328. The number of hydrogen-bond donors (Lipinski definition) is 1. The predicted octanol–water partition coefficient (Wildman–Crippen LogP) is 2.52. The number of ether oxygens (including phenoxy) is 5. The fourth-order valence-electron chi connectivity index (χ4n) is 10.0. The van der Waals surface area contributed by atoms with Gasteiger partial charge in [-0.2, -0.15) is 0 Å². The molecule has 0 aromatic carbocycles. The van der Waals surface area contributed by atoms with Gasteiger partial charge in [-0.15, -0.1) is 0 Å². The number of hydrogen-bond acceptors (Lipinski definition) is 10. The van der Waals surface area contributed by atoms with E-state index in [0.717, 1.165) is 11.1 Å². The number of carbonyl (C=O) groups is 5. The van der Waals surface area contributed by atoms with Crippen molar-refractivity contribution in [3.63, 3.8) is 0 Å². The molecule has 0 unspecified atom stereocenters. The molecule has 12 atom stereocenters. The van der Waals surface area contributed by atoms with Crippen LogP contribution in [0.25, 0.3) is 0 Å². The van der Waals surface area contributed by atoms with Gasteiger partial charge in [-0.1, -0.05) is 13.8 Å². The normalized spacial score (nSPS) is 49.9. The summed E-state index contributed by atoms with van der Waals surface area (Å²) in [5.74, 6) is -7.50. The largest absolute Gasteiger partial charge is 0.481 e. The summed E-state index contributed by atoms with van der Waals surface area (Å²) in [5.41, 5.74) is -1.53. The molecule has 0 radical (unpaired) electrons. The minimum Gasteiger partial charge on any atom is -0.481 e. The molecular weight excluding hydrogens is 548 g/mol. The highest BCUT2D eigenvalue weighted by atomic mass is 16.7. The van der Waals surface area contributed by atoms with E-state index in [2.05, 4.69) is 0 Å². The highest BCUT2D eigenvalue weighted by Crippen LogP contribution is 2.70. The Bertz CT molecular complexity index is 1360. The summed E-state index contributed by atoms with van der Waals surface area (Å²) in [5, 5.41) is 9.72. The van der Waals surface area contributed by atoms with Gasteiger partial charge in [0.05, 0.1) is 35.6 Å². The third-order valence-electron chi connectivity index (χ3n) is 11.7. The van der Waals surface area contributed by atoms with Gasteiger partial charge in [0.15, 0.2) is 0 Å². The Morgan fingerprint density at radius 1 is 1.00 bits per heavy atom. The van der Waals surface area contributed by atoms with Crippen LogP contribution in [0.1, 0.15) is 73.6 Å². The van der Waals surface area contributed by atoms with Gasteiger partial charge in [0.2, 0.25) is 11.6 Å². The van der Waals surface area contributed by atoms with Crippen molar-refractivity contribution in [3.8, 4) is 0 Å². The summed E-state index contributed by atoms with van der Waals surface area (Å²) in [4.78, 5) is 66.2. The van der Waals surface area contributed by atoms with Crippen molar-refractivity contribution in [2.75, 3.05) is 0 Å². The minimum atomic E-state index is -1.85. The number of carboxylic acids is 1. The van der Waals surface area contributed by atoms with Gasteiger partial charge in [-0.3, -0.25) is 24.0 Å². The van der Waals surface area contributed by atoms with Gasteiger partial charge in [-0.25, -0.2) is 0 Å². The molecule has 2 spiro atoms. The van der Waals surface area contributed by atoms with E-state index < -0.39 is 94.3 Å². The maximum Gasteiger partial charge on any atom is 0.311 e. The summed E-state index contributed by atoms with van der Waals surface area (Å²) in [6.07, 6.45) is -2.35. The quantitative estimate of drug-likeness (QED) is 0.384. The van der Waals surface area contributed by atoms with E-state index in [4.69, 9.17) is 23.7 Å². The molecule has 7 rings (SSSR count). The number of rotatable bonds is 3. The summed E-state index contributed by atoms with van der Waals surface area (Å²) < 4.78 is 31.7. The third kappa shape index (κ3) is 3.36. The van der Waals surface area contributed by atoms with E-state index in [1.807, 2.05) is 27.7 Å². The highest BCUT2D eigenvalue weighted by molar-refractivity contribution is 5.98. The monoisotopic (exact) mass is 586 g/mol. The smallest absolute Gasteiger partial charge is 0.311 e. The summed E-state index contributed by atoms with van der Waals surface area (Å²) >= 11 is 0. The first-order chi connectivity index (χ1) is 19.6. The number of aliphatic carboxylic acids is 1. The van der Waals surface area contributed by atoms with Crippen LogP contribution in [0.4, 0.5) is 0 Å². The van der Waals surface area contributed by atoms with Gasteiger partial charge >= 0.3 is 17.9 Å². The van der Waals surface area contributed by atoms with Crippen molar-refractivity contribution in [1.82, 2.24) is 0 Å². The van der Waals surface area contributed by atoms with E-state index in [1.165, 1.54) is 6.92 Å². The number of Topliss-reactive ketones (excluding diaryl/α,β-unsaturated/α-hetero) is 2. The van der Waals surface area contributed by atoms with Crippen LogP contribution < -0.4 is 0 Å². The molecule has 4 saturated heterocycles. The Kier molecular flexibility index (Phi) is 5.70. The molecule has 1 N–H and O–H groups in total. The van der Waals surface area contributed by atoms with E-state index in [1.54, 1.807) is 6.92 Å². The number of carbonyl (C=O) groups excluding carboxylic acids is 4. The molecule has 11 heteroatoms. The van der Waals surface area contributed by atoms with Gasteiger partial charge < -0.3 is 28.8 Å². The lowest BCUT2D eigenvalue weighted by atomic mass is 9.61. The van der Waals surface area contributed by atoms with Crippen LogP contribution in [0.3, 0.4) is 0 Å². The van der Waals surface area contributed by atoms with Crippen LogP contribution in [0.15, 0.2) is 11.1 Å². The van der Waals surface area contributed by atoms with Crippen LogP contribution >= 0.6 is 0 Å². The maximum absolute atomic E-state index is 15.0. The zero-order valence-electron chi connectivity index (χ0n) is 24.8. The summed E-state index contributed by atoms with van der Waals surface area (Å²) in [7, 11) is 0. The molecule has 5 fully saturated rings. The predicted molar refractivity (Wildman–Crippen MR) is 140 cm³/mol. The van der Waals surface area contributed by atoms with Crippen LogP contribution in [-0.2, 0) is 47.7 Å². The molecule has 228 valence electrons. The van der Waals surface area contributed by atoms with Crippen molar-refractivity contribution in [1.29, 1.82) is 0 Å². The first-order valence-corrected chi connectivity index (χ1v) is 15.0. The van der Waals surface area contributed by atoms with Gasteiger partial charge in [0, 0.05) is 42.9 Å². The fourth-order valence-corrected chi connectivity index (χ4v) is 10.0. The second kappa shape index (κ2) is 8.51. The standard InChI is InChI=1S/C31H38O11/c1-12-20-23-22(13(2)27(37)39-23)41-31-24(20)29(6,25(12)35)7-8-30(42-31)11-15-16(28(4,5)40-17(15)10-19(33)34)9-18(38-14(3)32)21(30)26(31)36/h12-13,17-18,20-24H,7-11H2,1-6H3,(H,33,34)/t12-,13-,17+,18-,20+,21-,22+,23+,24-,29-,30+,31+/m0/s1. The van der Waals surface area contributed by atoms with Gasteiger partial charge in [-0.05, 0) is 44.8 Å². The minimum absolute atomic E-state index is 0.00669. The molecule has 5 aliphatic heterocycles. The lowest BCUT2D eigenvalue weighted by Crippen LogP contribution is -2.63. The lowest BCUT2D eigenvalue weighted by Gasteiger charge is -2.50. The number of ketones is 2. The average Bonchev–Trinajstić information content (AvgIpc) is 3.38. The molecule has 11 nitrogen and oxygen atoms in total. The molecular formula is C31H38O11. The van der Waals surface area contributed by atoms with E-state index in [0.29, 0.717) is 12.8 Å². The van der Waals surface area contributed by atoms with Gasteiger partial charge in [0.1, 0.15) is 24.1 Å². The van der Waals surface area contributed by atoms with Crippen molar-refractivity contribution >= 4 is 29.5 Å². The maximum atomic E-state index is 15.0. The Morgan fingerprint density at radius 3 is 2.38 bits per heavy atom. The number of fused-ring (bicyclic) bond motifs is 2. The van der Waals surface area contributed by atoms with Gasteiger partial charge in [0.25, 0.3) is 0 Å². The van der Waals surface area contributed by atoms with Crippen LogP contribution in [0.2, 0.25) is 0 Å². The molecule has 5 heterocycles. The molecule has 0 aromatic rings. The number of esters is 2. The molecule has 7 aliphatic rings. The Hall–Kier alpha value is -2.63. The summed E-state index contributed by atoms with van der Waals surface area (Å²) in [6, 6.07) is 0. The second-order valence-corrected chi connectivity index (χ2v) is 14.3. The first kappa shape index (κ1) is 28.2. The second-order valence-electron chi connectivity index (χ2n) is 14.3. The third-order valence-corrected chi connectivity index (χ3v) is 11.7. The van der Waals surface area contributed by atoms with E-state index in [-0.39, 0.29) is 30.8 Å². The van der Waals surface area contributed by atoms with E-state index >= 15 is 4.79 Å². The molecule has 0 amide bonds. The fraction of sp³-hybridized carbons (Fsp3) is 0.774. The van der Waals surface area contributed by atoms with Crippen molar-refractivity contribution in [2.24, 2.45) is 35.0 Å². The zero-order chi connectivity index (χ0) is 30.3. The molecule has 1 saturated carbocycles. The van der Waals surface area contributed by atoms with Crippen molar-refractivity contribution < 1.29 is 52.8 Å². The van der Waals surface area contributed by atoms with Crippen LogP contribution in [-0.4, -0.2) is 76.0 Å². The number of carboxylic acid groups (broad SMARTS) is 1. The highest BCUT2D eigenvalue weighted by Gasteiger charge is 2.82. The molecule has 0 aromatic heterocycles. The van der Waals surface area contributed by atoms with Crippen molar-refractivity contribution in [3.05, 3.63) is 11.1 Å². The van der Waals surface area contributed by atoms with Crippen LogP contribution in [0, 0.1) is 35.0 Å². The first-order valence-electron chi connectivity index (χ1n) is 15.0. The molecule has 2 aliphatic carbocycles. The molecule has 2 bridgehead atoms. The summed E-state index contributed by atoms with van der Waals surface area (Å²) in [6.45, 7) is 10.4. The topological polar surface area (TPSA) is 152 Å². The average molecular weight is 587 g/mol. The Morgan fingerprint density at radius 2 is 1.71 bits per heavy atom. The van der Waals surface area contributed by atoms with Crippen molar-refractivity contribution in [2.45, 2.75) is 115 Å².